The molecule has 31 heavy (non-hydrogen) atoms. The molecule has 10 nitrogen and oxygen atoms in total. The number of carbonyl (C=O) groups is 2. The van der Waals surface area contributed by atoms with Gasteiger partial charge in [-0.2, -0.15) is 4.98 Å². The lowest BCUT2D eigenvalue weighted by Crippen LogP contribution is -2.44. The second-order valence-electron chi connectivity index (χ2n) is 8.15. The van der Waals surface area contributed by atoms with Gasteiger partial charge in [-0.1, -0.05) is 5.16 Å². The maximum atomic E-state index is 12.7. The van der Waals surface area contributed by atoms with Crippen molar-refractivity contribution in [3.05, 3.63) is 35.7 Å². The number of nitrogens with zero attached hydrogens (tertiary/aromatic N) is 4. The van der Waals surface area contributed by atoms with Crippen molar-refractivity contribution in [1.82, 2.24) is 19.9 Å². The van der Waals surface area contributed by atoms with Gasteiger partial charge in [-0.25, -0.2) is 4.79 Å². The van der Waals surface area contributed by atoms with Crippen LogP contribution in [-0.2, 0) is 11.3 Å². The minimum absolute atomic E-state index is 0.0364. The Labute approximate surface area is 179 Å². The van der Waals surface area contributed by atoms with Crippen LogP contribution in [0.4, 0.5) is 4.79 Å². The molecule has 3 heterocycles. The Morgan fingerprint density at radius 3 is 2.55 bits per heavy atom. The van der Waals surface area contributed by atoms with Gasteiger partial charge in [0.2, 0.25) is 0 Å². The molecule has 2 N–H and O–H groups in total. The lowest BCUT2D eigenvalue weighted by molar-refractivity contribution is -0.0469. The van der Waals surface area contributed by atoms with E-state index in [2.05, 4.69) is 10.1 Å². The van der Waals surface area contributed by atoms with E-state index in [0.29, 0.717) is 61.7 Å². The van der Waals surface area contributed by atoms with E-state index in [0.717, 1.165) is 6.42 Å². The van der Waals surface area contributed by atoms with Gasteiger partial charge in [-0.15, -0.1) is 0 Å². The molecule has 2 amide bonds. The highest BCUT2D eigenvalue weighted by atomic mass is 16.5. The van der Waals surface area contributed by atoms with Crippen LogP contribution in [0.1, 0.15) is 48.8 Å². The van der Waals surface area contributed by atoms with Crippen molar-refractivity contribution in [2.24, 2.45) is 0 Å². The van der Waals surface area contributed by atoms with Crippen LogP contribution in [0.5, 0.6) is 0 Å². The number of ether oxygens (including phenoxy) is 1. The van der Waals surface area contributed by atoms with E-state index in [1.165, 1.54) is 9.80 Å². The third-order valence-corrected chi connectivity index (χ3v) is 5.87. The van der Waals surface area contributed by atoms with E-state index in [1.54, 1.807) is 31.2 Å². The lowest BCUT2D eigenvalue weighted by atomic mass is 10.1. The normalized spacial score (nSPS) is 22.1. The number of carboxylic acid groups (broad SMARTS) is 1. The summed E-state index contributed by atoms with van der Waals surface area (Å²) in [6.07, 6.45) is 1.68. The van der Waals surface area contributed by atoms with Gasteiger partial charge in [-0.05, 0) is 56.9 Å². The summed E-state index contributed by atoms with van der Waals surface area (Å²) in [5.74, 6) is 0.526. The molecule has 166 valence electrons. The zero-order chi connectivity index (χ0) is 22.0. The first-order valence-corrected chi connectivity index (χ1v) is 10.4. The number of carbonyl (C=O) groups excluding carboxylic acids is 1. The van der Waals surface area contributed by atoms with E-state index < -0.39 is 11.8 Å². The fraction of sp³-hybridized carbons (Fsp3) is 0.524. The Bertz CT molecular complexity index is 934. The fourth-order valence-electron chi connectivity index (χ4n) is 4.02. The Morgan fingerprint density at radius 1 is 1.23 bits per heavy atom. The van der Waals surface area contributed by atoms with E-state index in [-0.39, 0.29) is 18.6 Å². The van der Waals surface area contributed by atoms with Crippen molar-refractivity contribution in [1.29, 1.82) is 0 Å². The number of amides is 2. The number of benzene rings is 1. The van der Waals surface area contributed by atoms with Crippen LogP contribution in [0.15, 0.2) is 28.8 Å². The summed E-state index contributed by atoms with van der Waals surface area (Å²) in [5, 5.41) is 23.3. The average molecular weight is 430 g/mol. The molecule has 1 atom stereocenters. The number of rotatable bonds is 5. The van der Waals surface area contributed by atoms with Crippen LogP contribution in [0, 0.1) is 0 Å². The molecule has 0 spiro atoms. The molecule has 1 aromatic heterocycles. The fourth-order valence-corrected chi connectivity index (χ4v) is 4.02. The number of piperidine rings is 1. The predicted molar refractivity (Wildman–Crippen MR) is 108 cm³/mol. The van der Waals surface area contributed by atoms with Crippen LogP contribution in [0.3, 0.4) is 0 Å². The maximum Gasteiger partial charge on any atom is 0.407 e. The molecule has 0 radical (unpaired) electrons. The first-order chi connectivity index (χ1) is 14.8. The third-order valence-electron chi connectivity index (χ3n) is 5.87. The summed E-state index contributed by atoms with van der Waals surface area (Å²) in [7, 11) is 0. The highest BCUT2D eigenvalue weighted by Crippen LogP contribution is 2.28. The van der Waals surface area contributed by atoms with Gasteiger partial charge in [-0.3, -0.25) is 4.79 Å². The molecular formula is C21H26N4O6. The largest absolute Gasteiger partial charge is 0.465 e. The quantitative estimate of drug-likeness (QED) is 0.739. The molecule has 1 aromatic carbocycles. The monoisotopic (exact) mass is 430 g/mol. The Kier molecular flexibility index (Phi) is 5.92. The molecule has 2 aromatic rings. The molecule has 0 unspecified atom stereocenters. The Hall–Kier alpha value is -2.98. The summed E-state index contributed by atoms with van der Waals surface area (Å²) < 4.78 is 11.1. The molecule has 0 aliphatic carbocycles. The summed E-state index contributed by atoms with van der Waals surface area (Å²) in [6.45, 7) is 3.28. The summed E-state index contributed by atoms with van der Waals surface area (Å²) in [5.41, 5.74) is 0.0569. The second-order valence-corrected chi connectivity index (χ2v) is 8.15. The van der Waals surface area contributed by atoms with Gasteiger partial charge >= 0.3 is 6.09 Å². The minimum Gasteiger partial charge on any atom is -0.465 e. The first-order valence-electron chi connectivity index (χ1n) is 10.4. The molecule has 2 saturated heterocycles. The average Bonchev–Trinajstić information content (AvgIpc) is 3.38. The van der Waals surface area contributed by atoms with Crippen molar-refractivity contribution in [3.63, 3.8) is 0 Å². The van der Waals surface area contributed by atoms with E-state index in [1.807, 2.05) is 0 Å². The number of hydrogen-bond acceptors (Lipinski definition) is 7. The Balaban J connectivity index is 1.33. The molecule has 4 rings (SSSR count). The second kappa shape index (κ2) is 8.64. The minimum atomic E-state index is -1.11. The van der Waals surface area contributed by atoms with Gasteiger partial charge in [0.25, 0.3) is 11.8 Å². The summed E-state index contributed by atoms with van der Waals surface area (Å²) in [4.78, 5) is 30.8. The SMILES string of the molecule is C[C@]1(O)CCCN1C(=O)c1ccc(-c2nc(COC3CCN(C(=O)O)CC3)no2)cc1. The van der Waals surface area contributed by atoms with Crippen molar-refractivity contribution >= 4 is 12.0 Å². The summed E-state index contributed by atoms with van der Waals surface area (Å²) >= 11 is 0. The van der Waals surface area contributed by atoms with Crippen molar-refractivity contribution in [3.8, 4) is 11.5 Å². The highest BCUT2D eigenvalue weighted by Gasteiger charge is 2.37. The number of aliphatic hydroxyl groups is 1. The molecule has 2 aliphatic heterocycles. The topological polar surface area (TPSA) is 129 Å². The molecule has 10 heteroatoms. The van der Waals surface area contributed by atoms with Crippen molar-refractivity contribution < 1.29 is 29.1 Å². The molecule has 2 aliphatic rings. The number of hydrogen-bond donors (Lipinski definition) is 2. The zero-order valence-corrected chi connectivity index (χ0v) is 17.4. The standard InChI is InChI=1S/C21H26N4O6/c1-21(29)9-2-10-25(21)19(26)15-5-3-14(4-6-15)18-22-17(23-31-18)13-30-16-7-11-24(12-8-16)20(27)28/h3-6,16,29H,2,7-13H2,1H3,(H,27,28)/t21-/m0/s1. The molecule has 0 bridgehead atoms. The number of aromatic nitrogens is 2. The van der Waals surface area contributed by atoms with Gasteiger partial charge in [0.05, 0.1) is 6.10 Å². The van der Waals surface area contributed by atoms with Gasteiger partial charge in [0, 0.05) is 30.8 Å². The molecule has 2 fully saturated rings. The smallest absolute Gasteiger partial charge is 0.407 e. The third kappa shape index (κ3) is 4.70. The summed E-state index contributed by atoms with van der Waals surface area (Å²) in [6, 6.07) is 6.83. The van der Waals surface area contributed by atoms with Gasteiger partial charge in [0.15, 0.2) is 5.82 Å². The first kappa shape index (κ1) is 21.3. The van der Waals surface area contributed by atoms with Crippen molar-refractivity contribution in [2.75, 3.05) is 19.6 Å². The van der Waals surface area contributed by atoms with Crippen LogP contribution < -0.4 is 0 Å². The van der Waals surface area contributed by atoms with E-state index >= 15 is 0 Å². The molecular weight excluding hydrogens is 404 g/mol. The maximum absolute atomic E-state index is 12.7. The van der Waals surface area contributed by atoms with Crippen LogP contribution >= 0.6 is 0 Å². The van der Waals surface area contributed by atoms with Crippen LogP contribution in [0.2, 0.25) is 0 Å². The predicted octanol–water partition coefficient (Wildman–Crippen LogP) is 2.34. The Morgan fingerprint density at radius 2 is 1.94 bits per heavy atom. The molecule has 0 saturated carbocycles. The zero-order valence-electron chi connectivity index (χ0n) is 17.4. The number of likely N-dealkylation sites (tertiary alicyclic amines) is 2. The van der Waals surface area contributed by atoms with Crippen LogP contribution in [0.25, 0.3) is 11.5 Å². The van der Waals surface area contributed by atoms with Crippen LogP contribution in [-0.4, -0.2) is 73.6 Å². The van der Waals surface area contributed by atoms with Crippen molar-refractivity contribution in [2.45, 2.75) is 51.0 Å². The van der Waals surface area contributed by atoms with E-state index in [9.17, 15) is 14.7 Å². The van der Waals surface area contributed by atoms with Gasteiger partial charge in [0.1, 0.15) is 12.3 Å². The highest BCUT2D eigenvalue weighted by molar-refractivity contribution is 5.95. The van der Waals surface area contributed by atoms with Gasteiger partial charge < -0.3 is 29.3 Å². The van der Waals surface area contributed by atoms with E-state index in [4.69, 9.17) is 14.4 Å². The lowest BCUT2D eigenvalue weighted by Gasteiger charge is -2.30.